The van der Waals surface area contributed by atoms with Crippen molar-refractivity contribution in [3.8, 4) is 0 Å². The van der Waals surface area contributed by atoms with E-state index in [1.165, 1.54) is 6.42 Å². The van der Waals surface area contributed by atoms with Crippen LogP contribution < -0.4 is 5.32 Å². The third-order valence-electron chi connectivity index (χ3n) is 2.30. The van der Waals surface area contributed by atoms with Crippen LogP contribution in [-0.4, -0.2) is 23.8 Å². The van der Waals surface area contributed by atoms with Crippen LogP contribution >= 0.6 is 12.4 Å². The van der Waals surface area contributed by atoms with Gasteiger partial charge in [-0.1, -0.05) is 0 Å². The molecule has 2 N–H and O–H groups in total. The van der Waals surface area contributed by atoms with Gasteiger partial charge in [0.15, 0.2) is 0 Å². The summed E-state index contributed by atoms with van der Waals surface area (Å²) >= 11 is 0. The first-order valence-electron chi connectivity index (χ1n) is 3.28. The van der Waals surface area contributed by atoms with Gasteiger partial charge in [0.1, 0.15) is 0 Å². The van der Waals surface area contributed by atoms with E-state index >= 15 is 0 Å². The van der Waals surface area contributed by atoms with Crippen LogP contribution in [0.3, 0.4) is 0 Å². The Morgan fingerprint density at radius 3 is 2.33 bits per heavy atom. The molecule has 0 aromatic carbocycles. The lowest BCUT2D eigenvalue weighted by molar-refractivity contribution is 0.134. The molecular formula is C6H12ClNO. The maximum atomic E-state index is 9.16. The largest absolute Gasteiger partial charge is 0.391 e. The lowest BCUT2D eigenvalue weighted by Crippen LogP contribution is -2.36. The van der Waals surface area contributed by atoms with Gasteiger partial charge in [0.05, 0.1) is 6.10 Å². The van der Waals surface area contributed by atoms with Crippen LogP contribution in [0.4, 0.5) is 0 Å². The van der Waals surface area contributed by atoms with Crippen molar-refractivity contribution in [1.29, 1.82) is 0 Å². The lowest BCUT2D eigenvalue weighted by atomic mass is 10.1. The maximum absolute atomic E-state index is 9.16. The van der Waals surface area contributed by atoms with Gasteiger partial charge in [0.25, 0.3) is 0 Å². The molecule has 0 aromatic rings. The van der Waals surface area contributed by atoms with Crippen molar-refractivity contribution >= 4 is 12.4 Å². The summed E-state index contributed by atoms with van der Waals surface area (Å²) in [4.78, 5) is 0. The van der Waals surface area contributed by atoms with E-state index in [1.54, 1.807) is 0 Å². The highest BCUT2D eigenvalue weighted by Gasteiger charge is 2.37. The zero-order valence-electron chi connectivity index (χ0n) is 5.21. The number of piperidine rings is 1. The van der Waals surface area contributed by atoms with Gasteiger partial charge >= 0.3 is 0 Å². The first-order valence-corrected chi connectivity index (χ1v) is 3.28. The average molecular weight is 150 g/mol. The van der Waals surface area contributed by atoms with Crippen molar-refractivity contribution in [3.05, 3.63) is 0 Å². The zero-order valence-corrected chi connectivity index (χ0v) is 6.03. The van der Waals surface area contributed by atoms with Crippen LogP contribution in [0.5, 0.6) is 0 Å². The number of aliphatic hydroxyl groups excluding tert-OH is 1. The Balaban J connectivity index is 0.000000405. The summed E-state index contributed by atoms with van der Waals surface area (Å²) in [5.41, 5.74) is 0. The minimum Gasteiger partial charge on any atom is -0.391 e. The molecule has 2 aliphatic rings. The highest BCUT2D eigenvalue weighted by molar-refractivity contribution is 5.85. The molecule has 1 aliphatic heterocycles. The molecule has 1 saturated heterocycles. The molecule has 2 nitrogen and oxygen atoms in total. The second-order valence-corrected chi connectivity index (χ2v) is 2.92. The summed E-state index contributed by atoms with van der Waals surface area (Å²) in [6, 6.07) is 0.444. The molecule has 9 heavy (non-hydrogen) atoms. The molecule has 1 heterocycles. The van der Waals surface area contributed by atoms with E-state index in [0.29, 0.717) is 6.04 Å². The number of rotatable bonds is 0. The molecule has 2 rings (SSSR count). The maximum Gasteiger partial charge on any atom is 0.0696 e. The van der Waals surface area contributed by atoms with Crippen LogP contribution in [0.1, 0.15) is 12.8 Å². The van der Waals surface area contributed by atoms with Gasteiger partial charge in [-0.15, -0.1) is 12.4 Å². The number of aliphatic hydroxyl groups is 1. The summed E-state index contributed by atoms with van der Waals surface area (Å²) < 4.78 is 0. The number of halogens is 1. The fourth-order valence-electron chi connectivity index (χ4n) is 1.82. The monoisotopic (exact) mass is 149 g/mol. The topological polar surface area (TPSA) is 32.3 Å². The quantitative estimate of drug-likeness (QED) is 0.514. The van der Waals surface area contributed by atoms with Crippen molar-refractivity contribution in [2.45, 2.75) is 25.0 Å². The molecule has 3 heteroatoms. The van der Waals surface area contributed by atoms with Gasteiger partial charge in [0, 0.05) is 6.04 Å². The van der Waals surface area contributed by atoms with Crippen LogP contribution in [-0.2, 0) is 0 Å². The fourth-order valence-corrected chi connectivity index (χ4v) is 1.82. The summed E-state index contributed by atoms with van der Waals surface area (Å²) in [7, 11) is 0. The Hall–Kier alpha value is 0.210. The summed E-state index contributed by atoms with van der Waals surface area (Å²) in [5.74, 6) is 0.787. The van der Waals surface area contributed by atoms with E-state index in [-0.39, 0.29) is 18.5 Å². The summed E-state index contributed by atoms with van der Waals surface area (Å²) in [6.45, 7) is 1.14. The molecule has 54 valence electrons. The van der Waals surface area contributed by atoms with Crippen LogP contribution in [0.15, 0.2) is 0 Å². The molecule has 1 saturated carbocycles. The van der Waals surface area contributed by atoms with E-state index < -0.39 is 0 Å². The van der Waals surface area contributed by atoms with E-state index in [9.17, 15) is 0 Å². The third-order valence-corrected chi connectivity index (χ3v) is 2.30. The molecular weight excluding hydrogens is 138 g/mol. The van der Waals surface area contributed by atoms with Crippen molar-refractivity contribution < 1.29 is 5.11 Å². The Bertz CT molecular complexity index is 107. The van der Waals surface area contributed by atoms with Crippen molar-refractivity contribution in [2.75, 3.05) is 6.54 Å². The predicted molar refractivity (Wildman–Crippen MR) is 37.8 cm³/mol. The van der Waals surface area contributed by atoms with Gasteiger partial charge in [0.2, 0.25) is 0 Å². The SMILES string of the molecule is Cl.O[C@@H]1C[C@@H]2CN[C@H]1C2. The minimum absolute atomic E-state index is 0. The summed E-state index contributed by atoms with van der Waals surface area (Å²) in [6.07, 6.45) is 2.22. The first kappa shape index (κ1) is 7.32. The van der Waals surface area contributed by atoms with E-state index in [1.807, 2.05) is 0 Å². The molecule has 3 atom stereocenters. The zero-order chi connectivity index (χ0) is 5.56. The van der Waals surface area contributed by atoms with Gasteiger partial charge in [-0.2, -0.15) is 0 Å². The molecule has 1 aliphatic carbocycles. The van der Waals surface area contributed by atoms with Crippen LogP contribution in [0, 0.1) is 5.92 Å². The van der Waals surface area contributed by atoms with Crippen molar-refractivity contribution in [2.24, 2.45) is 5.92 Å². The summed E-state index contributed by atoms with van der Waals surface area (Å²) in [5, 5.41) is 12.4. The van der Waals surface area contributed by atoms with Crippen LogP contribution in [0.2, 0.25) is 0 Å². The molecule has 2 bridgehead atoms. The number of hydrogen-bond acceptors (Lipinski definition) is 2. The van der Waals surface area contributed by atoms with E-state index in [2.05, 4.69) is 5.32 Å². The molecule has 2 fully saturated rings. The van der Waals surface area contributed by atoms with Gasteiger partial charge in [-0.3, -0.25) is 0 Å². The highest BCUT2D eigenvalue weighted by Crippen LogP contribution is 2.30. The number of hydrogen-bond donors (Lipinski definition) is 2. The smallest absolute Gasteiger partial charge is 0.0696 e. The van der Waals surface area contributed by atoms with Gasteiger partial charge in [-0.05, 0) is 25.3 Å². The second-order valence-electron chi connectivity index (χ2n) is 2.92. The van der Waals surface area contributed by atoms with Gasteiger partial charge in [-0.25, -0.2) is 0 Å². The fraction of sp³-hybridized carbons (Fsp3) is 1.00. The Kier molecular flexibility index (Phi) is 1.99. The highest BCUT2D eigenvalue weighted by atomic mass is 35.5. The molecule has 0 aromatic heterocycles. The predicted octanol–water partition coefficient (Wildman–Crippen LogP) is 0.151. The van der Waals surface area contributed by atoms with Crippen molar-refractivity contribution in [3.63, 3.8) is 0 Å². The Morgan fingerprint density at radius 1 is 1.33 bits per heavy atom. The minimum atomic E-state index is -0.0336. The van der Waals surface area contributed by atoms with E-state index in [4.69, 9.17) is 5.11 Å². The Morgan fingerprint density at radius 2 is 2.11 bits per heavy atom. The lowest BCUT2D eigenvalue weighted by Gasteiger charge is -2.16. The average Bonchev–Trinajstić information content (AvgIpc) is 2.23. The van der Waals surface area contributed by atoms with Crippen LogP contribution in [0.25, 0.3) is 0 Å². The third kappa shape index (κ3) is 1.07. The molecule has 0 amide bonds. The standard InChI is InChI=1S/C6H11NO.ClH/c8-6-2-4-1-5(6)7-3-4;/h4-8H,1-3H2;1H/t4-,5+,6-;/m1./s1. The normalized spacial score (nSPS) is 47.0. The molecule has 0 spiro atoms. The van der Waals surface area contributed by atoms with Gasteiger partial charge < -0.3 is 10.4 Å². The van der Waals surface area contributed by atoms with E-state index in [0.717, 1.165) is 18.9 Å². The molecule has 0 radical (unpaired) electrons. The Labute approximate surface area is 61.0 Å². The van der Waals surface area contributed by atoms with Crippen molar-refractivity contribution in [1.82, 2.24) is 5.32 Å². The second kappa shape index (κ2) is 2.45. The molecule has 0 unspecified atom stereocenters. The number of nitrogens with one attached hydrogen (secondary N) is 1. The first-order chi connectivity index (χ1) is 3.86. The number of fused-ring (bicyclic) bond motifs is 2.